The summed E-state index contributed by atoms with van der Waals surface area (Å²) in [6.45, 7) is 3.78. The molecule has 0 bridgehead atoms. The van der Waals surface area contributed by atoms with Crippen LogP contribution in [0, 0.1) is 6.92 Å². The van der Waals surface area contributed by atoms with Crippen molar-refractivity contribution in [3.05, 3.63) is 35.7 Å². The van der Waals surface area contributed by atoms with Gasteiger partial charge in [-0.3, -0.25) is 4.79 Å². The topological polar surface area (TPSA) is 113 Å². The number of nitrogens with zero attached hydrogens (tertiary/aromatic N) is 3. The van der Waals surface area contributed by atoms with E-state index in [-0.39, 0.29) is 30.4 Å². The highest BCUT2D eigenvalue weighted by Gasteiger charge is 2.24. The number of urea groups is 1. The van der Waals surface area contributed by atoms with Gasteiger partial charge in [-0.25, -0.2) is 9.48 Å². The Bertz CT molecular complexity index is 858. The highest BCUT2D eigenvalue weighted by Crippen LogP contribution is 2.22. The summed E-state index contributed by atoms with van der Waals surface area (Å²) in [4.78, 5) is 24.4. The van der Waals surface area contributed by atoms with E-state index in [9.17, 15) is 9.59 Å². The van der Waals surface area contributed by atoms with Crippen LogP contribution in [0.15, 0.2) is 24.3 Å². The first-order chi connectivity index (χ1) is 13.6. The molecule has 10 heteroatoms. The van der Waals surface area contributed by atoms with E-state index >= 15 is 0 Å². The molecule has 9 nitrogen and oxygen atoms in total. The van der Waals surface area contributed by atoms with Crippen molar-refractivity contribution < 1.29 is 9.59 Å². The molecule has 2 aromatic rings. The summed E-state index contributed by atoms with van der Waals surface area (Å²) in [5.41, 5.74) is 2.42. The molecule has 0 radical (unpaired) electrons. The number of carbonyl (C=O) groups excluding carboxylic acids is 2. The smallest absolute Gasteiger partial charge is 0.319 e. The fraction of sp³-hybridized carbons (Fsp3) is 0.474. The average Bonchev–Trinajstić information content (AvgIpc) is 3.42. The van der Waals surface area contributed by atoms with Crippen LogP contribution in [0.25, 0.3) is 0 Å². The molecule has 2 heterocycles. The van der Waals surface area contributed by atoms with Crippen molar-refractivity contribution in [1.82, 2.24) is 25.6 Å². The van der Waals surface area contributed by atoms with Gasteiger partial charge in [-0.15, -0.1) is 17.5 Å². The van der Waals surface area contributed by atoms with E-state index in [0.29, 0.717) is 23.1 Å². The normalized spacial score (nSPS) is 16.6. The summed E-state index contributed by atoms with van der Waals surface area (Å²) >= 11 is 0. The molecule has 1 aliphatic carbocycles. The minimum Gasteiger partial charge on any atom is -0.335 e. The predicted octanol–water partition coefficient (Wildman–Crippen LogP) is 2.47. The van der Waals surface area contributed by atoms with Crippen LogP contribution in [0.1, 0.15) is 47.9 Å². The molecule has 1 aromatic carbocycles. The van der Waals surface area contributed by atoms with Gasteiger partial charge in [-0.2, -0.15) is 0 Å². The van der Waals surface area contributed by atoms with Crippen molar-refractivity contribution in [3.63, 3.8) is 0 Å². The Hall–Kier alpha value is -2.65. The third-order valence-corrected chi connectivity index (χ3v) is 5.11. The number of hydrogen-bond acceptors (Lipinski definition) is 5. The lowest BCUT2D eigenvalue weighted by molar-refractivity contribution is 0.102. The van der Waals surface area contributed by atoms with Crippen molar-refractivity contribution >= 4 is 35.7 Å². The fourth-order valence-electron chi connectivity index (χ4n) is 3.36. The Labute approximate surface area is 175 Å². The number of rotatable bonds is 5. The molecule has 0 spiro atoms. The molecule has 3 amide bonds. The predicted molar refractivity (Wildman–Crippen MR) is 113 cm³/mol. The molecule has 1 aliphatic heterocycles. The number of piperidine rings is 1. The molecule has 4 rings (SSSR count). The highest BCUT2D eigenvalue weighted by molar-refractivity contribution is 6.03. The summed E-state index contributed by atoms with van der Waals surface area (Å²) in [7, 11) is 0. The molecule has 2 aliphatic rings. The molecule has 0 atom stereocenters. The van der Waals surface area contributed by atoms with E-state index in [1.165, 1.54) is 0 Å². The van der Waals surface area contributed by atoms with E-state index in [0.717, 1.165) is 44.5 Å². The standard InChI is InChI=1S/C19H25N7O2.ClH/c1-12-17(24-25-26(12)16-8-10-20-11-9-16)18(27)21-13-2-4-14(5-3-13)22-19(28)23-15-6-7-15;/h2-5,15-16,20H,6-11H2,1H3,(H,21,27)(H2,22,23,28);1H. The first kappa shape index (κ1) is 21.1. The Morgan fingerprint density at radius 1 is 1.03 bits per heavy atom. The molecule has 156 valence electrons. The molecular weight excluding hydrogens is 394 g/mol. The van der Waals surface area contributed by atoms with Crippen LogP contribution >= 0.6 is 12.4 Å². The van der Waals surface area contributed by atoms with Gasteiger partial charge >= 0.3 is 6.03 Å². The van der Waals surface area contributed by atoms with Crippen LogP contribution in [0.2, 0.25) is 0 Å². The Kier molecular flexibility index (Phi) is 6.71. The number of benzene rings is 1. The molecule has 1 aromatic heterocycles. The lowest BCUT2D eigenvalue weighted by Crippen LogP contribution is -2.30. The maximum absolute atomic E-state index is 12.6. The van der Waals surface area contributed by atoms with Crippen LogP contribution in [0.3, 0.4) is 0 Å². The van der Waals surface area contributed by atoms with Crippen molar-refractivity contribution in [2.45, 2.75) is 44.7 Å². The van der Waals surface area contributed by atoms with Crippen molar-refractivity contribution in [2.75, 3.05) is 23.7 Å². The van der Waals surface area contributed by atoms with Gasteiger partial charge in [0.1, 0.15) is 0 Å². The highest BCUT2D eigenvalue weighted by atomic mass is 35.5. The number of amides is 3. The monoisotopic (exact) mass is 419 g/mol. The molecule has 1 saturated carbocycles. The molecule has 2 fully saturated rings. The number of aromatic nitrogens is 3. The van der Waals surface area contributed by atoms with E-state index < -0.39 is 0 Å². The number of hydrogen-bond donors (Lipinski definition) is 4. The summed E-state index contributed by atoms with van der Waals surface area (Å²) in [6.07, 6.45) is 4.04. The van der Waals surface area contributed by atoms with Gasteiger partial charge in [-0.1, -0.05) is 5.21 Å². The van der Waals surface area contributed by atoms with E-state index in [1.54, 1.807) is 24.3 Å². The zero-order valence-electron chi connectivity index (χ0n) is 16.3. The second kappa shape index (κ2) is 9.23. The Balaban J connectivity index is 0.00000240. The van der Waals surface area contributed by atoms with Gasteiger partial charge < -0.3 is 21.3 Å². The van der Waals surface area contributed by atoms with E-state index in [4.69, 9.17) is 0 Å². The van der Waals surface area contributed by atoms with Crippen molar-refractivity contribution in [2.24, 2.45) is 0 Å². The molecule has 29 heavy (non-hydrogen) atoms. The van der Waals surface area contributed by atoms with Crippen LogP contribution in [-0.2, 0) is 0 Å². The largest absolute Gasteiger partial charge is 0.335 e. The lowest BCUT2D eigenvalue weighted by atomic mass is 10.1. The number of nitrogens with one attached hydrogen (secondary N) is 4. The minimum absolute atomic E-state index is 0. The summed E-state index contributed by atoms with van der Waals surface area (Å²) in [6, 6.07) is 7.38. The number of carbonyl (C=O) groups is 2. The van der Waals surface area contributed by atoms with Crippen molar-refractivity contribution in [1.29, 1.82) is 0 Å². The first-order valence-corrected chi connectivity index (χ1v) is 9.71. The molecule has 0 unspecified atom stereocenters. The molecular formula is C19H26ClN7O2. The van der Waals surface area contributed by atoms with Crippen LogP contribution in [0.4, 0.5) is 16.2 Å². The minimum atomic E-state index is -0.287. The molecule has 4 N–H and O–H groups in total. The van der Waals surface area contributed by atoms with Gasteiger partial charge in [0.15, 0.2) is 5.69 Å². The van der Waals surface area contributed by atoms with Gasteiger partial charge in [0.2, 0.25) is 0 Å². The average molecular weight is 420 g/mol. The van der Waals surface area contributed by atoms with Gasteiger partial charge in [0.25, 0.3) is 5.91 Å². The van der Waals surface area contributed by atoms with Crippen LogP contribution in [-0.4, -0.2) is 46.1 Å². The zero-order chi connectivity index (χ0) is 19.5. The third kappa shape index (κ3) is 5.24. The Morgan fingerprint density at radius 2 is 1.66 bits per heavy atom. The number of anilines is 2. The summed E-state index contributed by atoms with van der Waals surface area (Å²) < 4.78 is 1.86. The first-order valence-electron chi connectivity index (χ1n) is 9.71. The van der Waals surface area contributed by atoms with E-state index in [1.807, 2.05) is 11.6 Å². The van der Waals surface area contributed by atoms with Gasteiger partial charge in [0.05, 0.1) is 11.7 Å². The maximum Gasteiger partial charge on any atom is 0.319 e. The quantitative estimate of drug-likeness (QED) is 0.594. The lowest BCUT2D eigenvalue weighted by Gasteiger charge is -2.23. The summed E-state index contributed by atoms with van der Waals surface area (Å²) in [5, 5.41) is 20.1. The third-order valence-electron chi connectivity index (χ3n) is 5.11. The van der Waals surface area contributed by atoms with Crippen molar-refractivity contribution in [3.8, 4) is 0 Å². The Morgan fingerprint density at radius 3 is 2.28 bits per heavy atom. The summed E-state index contributed by atoms with van der Waals surface area (Å²) in [5.74, 6) is -0.287. The van der Waals surface area contributed by atoms with Crippen LogP contribution < -0.4 is 21.3 Å². The molecule has 1 saturated heterocycles. The maximum atomic E-state index is 12.6. The fourth-order valence-corrected chi connectivity index (χ4v) is 3.36. The SMILES string of the molecule is Cc1c(C(=O)Nc2ccc(NC(=O)NC3CC3)cc2)nnn1C1CCNCC1.Cl. The zero-order valence-corrected chi connectivity index (χ0v) is 17.1. The second-order valence-electron chi connectivity index (χ2n) is 7.35. The van der Waals surface area contributed by atoms with Gasteiger partial charge in [0, 0.05) is 17.4 Å². The second-order valence-corrected chi connectivity index (χ2v) is 7.35. The van der Waals surface area contributed by atoms with E-state index in [2.05, 4.69) is 31.6 Å². The van der Waals surface area contributed by atoms with Gasteiger partial charge in [-0.05, 0) is 70.0 Å². The number of halogens is 1. The van der Waals surface area contributed by atoms with Crippen LogP contribution in [0.5, 0.6) is 0 Å².